The maximum atomic E-state index is 11.7. The number of ether oxygens (including phenoxy) is 1. The van der Waals surface area contributed by atoms with Crippen LogP contribution in [0.25, 0.3) is 0 Å². The molecule has 0 saturated carbocycles. The predicted octanol–water partition coefficient (Wildman–Crippen LogP) is 2.36. The molecule has 1 rings (SSSR count). The average Bonchev–Trinajstić information content (AvgIpc) is 2.44. The van der Waals surface area contributed by atoms with Gasteiger partial charge in [0.05, 0.1) is 0 Å². The molecule has 0 spiro atoms. The normalized spacial score (nSPS) is 10.9. The summed E-state index contributed by atoms with van der Waals surface area (Å²) in [4.78, 5) is 23.1. The number of phenols is 1. The summed E-state index contributed by atoms with van der Waals surface area (Å²) < 4.78 is 5.10. The molecule has 0 aliphatic carbocycles. The molecule has 128 valence electrons. The highest BCUT2D eigenvalue weighted by Crippen LogP contribution is 2.16. The summed E-state index contributed by atoms with van der Waals surface area (Å²) in [6, 6.07) is 6.98. The molecule has 3 N–H and O–H groups in total. The van der Waals surface area contributed by atoms with Crippen LogP contribution >= 0.6 is 0 Å². The lowest BCUT2D eigenvalue weighted by atomic mass is 10.1. The van der Waals surface area contributed by atoms with Gasteiger partial charge in [-0.1, -0.05) is 18.2 Å². The standard InChI is InChI=1S/C17H26N2O4/c1-17(2,3)23-16(22)19-12-6-11-18-15(21)10-9-13-7-4-5-8-14(13)20/h4-5,7-8,20H,6,9-12H2,1-3H3,(H,18,21)(H,19,22). The SMILES string of the molecule is CC(C)(C)OC(=O)NCCCNC(=O)CCc1ccccc1O. The molecule has 0 aromatic heterocycles. The highest BCUT2D eigenvalue weighted by Gasteiger charge is 2.15. The van der Waals surface area contributed by atoms with Crippen LogP contribution in [0.1, 0.15) is 39.2 Å². The van der Waals surface area contributed by atoms with Crippen LogP contribution in [-0.4, -0.2) is 35.8 Å². The van der Waals surface area contributed by atoms with E-state index in [-0.39, 0.29) is 11.7 Å². The first-order valence-corrected chi connectivity index (χ1v) is 7.78. The number of carbonyl (C=O) groups excluding carboxylic acids is 2. The van der Waals surface area contributed by atoms with E-state index in [4.69, 9.17) is 4.74 Å². The van der Waals surface area contributed by atoms with E-state index in [1.165, 1.54) is 0 Å². The summed E-state index contributed by atoms with van der Waals surface area (Å²) in [5.74, 6) is 0.132. The highest BCUT2D eigenvalue weighted by molar-refractivity contribution is 5.76. The molecule has 2 amide bonds. The van der Waals surface area contributed by atoms with Crippen LogP contribution in [0.4, 0.5) is 4.79 Å². The van der Waals surface area contributed by atoms with Gasteiger partial charge in [0.1, 0.15) is 11.4 Å². The zero-order chi connectivity index (χ0) is 17.3. The van der Waals surface area contributed by atoms with Gasteiger partial charge in [-0.25, -0.2) is 4.79 Å². The molecule has 0 heterocycles. The van der Waals surface area contributed by atoms with Crippen LogP contribution in [0.2, 0.25) is 0 Å². The maximum Gasteiger partial charge on any atom is 0.407 e. The Balaban J connectivity index is 2.11. The number of amides is 2. The van der Waals surface area contributed by atoms with Crippen molar-refractivity contribution >= 4 is 12.0 Å². The first kappa shape index (κ1) is 18.8. The number of nitrogens with one attached hydrogen (secondary N) is 2. The van der Waals surface area contributed by atoms with Gasteiger partial charge in [-0.05, 0) is 45.2 Å². The molecule has 0 aliphatic rings. The molecule has 1 aromatic rings. The first-order valence-electron chi connectivity index (χ1n) is 7.78. The van der Waals surface area contributed by atoms with Gasteiger partial charge in [0.15, 0.2) is 0 Å². The Labute approximate surface area is 137 Å². The lowest BCUT2D eigenvalue weighted by molar-refractivity contribution is -0.121. The van der Waals surface area contributed by atoms with E-state index < -0.39 is 11.7 Å². The zero-order valence-electron chi connectivity index (χ0n) is 14.0. The number of hydrogen-bond acceptors (Lipinski definition) is 4. The molecule has 1 aromatic carbocycles. The van der Waals surface area contributed by atoms with Gasteiger partial charge in [0.25, 0.3) is 0 Å². The van der Waals surface area contributed by atoms with Gasteiger partial charge in [-0.2, -0.15) is 0 Å². The Morgan fingerprint density at radius 1 is 1.13 bits per heavy atom. The second-order valence-electron chi connectivity index (χ2n) is 6.26. The summed E-state index contributed by atoms with van der Waals surface area (Å²) in [5.41, 5.74) is 0.246. The summed E-state index contributed by atoms with van der Waals surface area (Å²) >= 11 is 0. The molecule has 0 bridgehead atoms. The van der Waals surface area contributed by atoms with Crippen LogP contribution in [0.3, 0.4) is 0 Å². The molecule has 23 heavy (non-hydrogen) atoms. The van der Waals surface area contributed by atoms with Crippen molar-refractivity contribution in [3.8, 4) is 5.75 Å². The number of rotatable bonds is 7. The second-order valence-corrected chi connectivity index (χ2v) is 6.26. The highest BCUT2D eigenvalue weighted by atomic mass is 16.6. The molecule has 0 fully saturated rings. The molecule has 0 unspecified atom stereocenters. The quantitative estimate of drug-likeness (QED) is 0.673. The second kappa shape index (κ2) is 9.02. The number of phenolic OH excluding ortho intramolecular Hbond substituents is 1. The van der Waals surface area contributed by atoms with Crippen LogP contribution in [0, 0.1) is 0 Å². The number of hydrogen-bond donors (Lipinski definition) is 3. The Morgan fingerprint density at radius 2 is 1.78 bits per heavy atom. The summed E-state index contributed by atoms with van der Waals surface area (Å²) in [5, 5.41) is 15.0. The van der Waals surface area contributed by atoms with Crippen molar-refractivity contribution in [2.45, 2.75) is 45.6 Å². The first-order chi connectivity index (χ1) is 10.8. The van der Waals surface area contributed by atoms with E-state index in [1.54, 1.807) is 39.0 Å². The number of alkyl carbamates (subject to hydrolysis) is 1. The van der Waals surface area contributed by atoms with E-state index in [2.05, 4.69) is 10.6 Å². The third-order valence-corrected chi connectivity index (χ3v) is 2.96. The van der Waals surface area contributed by atoms with Gasteiger partial charge >= 0.3 is 6.09 Å². The van der Waals surface area contributed by atoms with Crippen molar-refractivity contribution in [3.05, 3.63) is 29.8 Å². The van der Waals surface area contributed by atoms with Crippen LogP contribution in [0.5, 0.6) is 5.75 Å². The number of benzene rings is 1. The largest absolute Gasteiger partial charge is 0.508 e. The van der Waals surface area contributed by atoms with Gasteiger partial charge < -0.3 is 20.5 Å². The molecule has 0 aliphatic heterocycles. The van der Waals surface area contributed by atoms with Gasteiger partial charge in [-0.15, -0.1) is 0 Å². The number of aromatic hydroxyl groups is 1. The molecule has 6 nitrogen and oxygen atoms in total. The van der Waals surface area contributed by atoms with E-state index in [0.717, 1.165) is 5.56 Å². The molecule has 6 heteroatoms. The minimum atomic E-state index is -0.513. The third-order valence-electron chi connectivity index (χ3n) is 2.96. The van der Waals surface area contributed by atoms with Gasteiger partial charge in [0, 0.05) is 19.5 Å². The maximum absolute atomic E-state index is 11.7. The van der Waals surface area contributed by atoms with Crippen molar-refractivity contribution in [1.82, 2.24) is 10.6 Å². The molecule has 0 saturated heterocycles. The molecule has 0 atom stereocenters. The molecule has 0 radical (unpaired) electrons. The Hall–Kier alpha value is -2.24. The predicted molar refractivity (Wildman–Crippen MR) is 88.3 cm³/mol. The van der Waals surface area contributed by atoms with Gasteiger partial charge in [0.2, 0.25) is 5.91 Å². The minimum absolute atomic E-state index is 0.0782. The number of aryl methyl sites for hydroxylation is 1. The fraction of sp³-hybridized carbons (Fsp3) is 0.529. The fourth-order valence-electron chi connectivity index (χ4n) is 1.88. The van der Waals surface area contributed by atoms with Crippen LogP contribution in [-0.2, 0) is 16.0 Å². The topological polar surface area (TPSA) is 87.7 Å². The summed E-state index contributed by atoms with van der Waals surface area (Å²) in [6.07, 6.45) is 0.983. The molecular weight excluding hydrogens is 296 g/mol. The van der Waals surface area contributed by atoms with Crippen molar-refractivity contribution in [2.75, 3.05) is 13.1 Å². The fourth-order valence-corrected chi connectivity index (χ4v) is 1.88. The van der Waals surface area contributed by atoms with Crippen molar-refractivity contribution in [3.63, 3.8) is 0 Å². The van der Waals surface area contributed by atoms with Crippen molar-refractivity contribution in [1.29, 1.82) is 0 Å². The van der Waals surface area contributed by atoms with Gasteiger partial charge in [-0.3, -0.25) is 4.79 Å². The number of carbonyl (C=O) groups is 2. The minimum Gasteiger partial charge on any atom is -0.508 e. The zero-order valence-corrected chi connectivity index (χ0v) is 14.0. The van der Waals surface area contributed by atoms with E-state index in [1.807, 2.05) is 6.07 Å². The van der Waals surface area contributed by atoms with Crippen molar-refractivity contribution < 1.29 is 19.4 Å². The smallest absolute Gasteiger partial charge is 0.407 e. The summed E-state index contributed by atoms with van der Waals surface area (Å²) in [6.45, 7) is 6.33. The van der Waals surface area contributed by atoms with Crippen LogP contribution in [0.15, 0.2) is 24.3 Å². The third kappa shape index (κ3) is 8.70. The summed E-state index contributed by atoms with van der Waals surface area (Å²) in [7, 11) is 0. The Bertz CT molecular complexity index is 524. The van der Waals surface area contributed by atoms with Crippen molar-refractivity contribution in [2.24, 2.45) is 0 Å². The van der Waals surface area contributed by atoms with E-state index >= 15 is 0 Å². The Morgan fingerprint density at radius 3 is 2.43 bits per heavy atom. The Kier molecular flexibility index (Phi) is 7.38. The molecular formula is C17H26N2O4. The van der Waals surface area contributed by atoms with E-state index in [0.29, 0.717) is 32.4 Å². The monoisotopic (exact) mass is 322 g/mol. The lowest BCUT2D eigenvalue weighted by Crippen LogP contribution is -2.34. The lowest BCUT2D eigenvalue weighted by Gasteiger charge is -2.19. The average molecular weight is 322 g/mol. The van der Waals surface area contributed by atoms with E-state index in [9.17, 15) is 14.7 Å². The number of para-hydroxylation sites is 1. The van der Waals surface area contributed by atoms with Crippen LogP contribution < -0.4 is 10.6 Å².